The Morgan fingerprint density at radius 3 is 2.57 bits per heavy atom. The minimum atomic E-state index is -0.160. The molecule has 5 rings (SSSR count). The maximum Gasteiger partial charge on any atom is 0.204 e. The molecule has 1 aliphatic rings. The molecule has 0 radical (unpaired) electrons. The van der Waals surface area contributed by atoms with Gasteiger partial charge in [-0.2, -0.15) is 5.21 Å². The molecule has 0 amide bonds. The summed E-state index contributed by atoms with van der Waals surface area (Å²) in [6.07, 6.45) is 3.40. The van der Waals surface area contributed by atoms with Crippen molar-refractivity contribution < 1.29 is 4.39 Å². The van der Waals surface area contributed by atoms with Crippen LogP contribution >= 0.6 is 0 Å². The van der Waals surface area contributed by atoms with Gasteiger partial charge in [0, 0.05) is 23.0 Å². The Balaban J connectivity index is 1.27. The van der Waals surface area contributed by atoms with E-state index < -0.39 is 0 Å². The maximum absolute atomic E-state index is 14.2. The van der Waals surface area contributed by atoms with Crippen molar-refractivity contribution in [2.45, 2.75) is 44.2 Å². The Morgan fingerprint density at radius 2 is 1.80 bits per heavy atom. The molecule has 3 aromatic carbocycles. The van der Waals surface area contributed by atoms with Crippen LogP contribution in [-0.2, 0) is 0 Å². The lowest BCUT2D eigenvalue weighted by atomic mass is 9.96. The first kappa shape index (κ1) is 18.9. The quantitative estimate of drug-likeness (QED) is 0.486. The number of tetrazole rings is 1. The van der Waals surface area contributed by atoms with Crippen LogP contribution in [0.25, 0.3) is 22.2 Å². The molecule has 1 aromatic heterocycles. The Kier molecular flexibility index (Phi) is 5.01. The number of rotatable bonds is 5. The Labute approximate surface area is 174 Å². The van der Waals surface area contributed by atoms with Gasteiger partial charge in [-0.3, -0.25) is 0 Å². The lowest BCUT2D eigenvalue weighted by Gasteiger charge is -2.22. The number of benzene rings is 3. The van der Waals surface area contributed by atoms with E-state index in [4.69, 9.17) is 0 Å². The van der Waals surface area contributed by atoms with Crippen LogP contribution in [0, 0.1) is 5.82 Å². The van der Waals surface area contributed by atoms with Crippen molar-refractivity contribution in [1.29, 1.82) is 0 Å². The molecule has 4 aromatic rings. The van der Waals surface area contributed by atoms with Crippen molar-refractivity contribution in [3.8, 4) is 11.4 Å². The smallest absolute Gasteiger partial charge is 0.204 e. The van der Waals surface area contributed by atoms with E-state index in [1.807, 2.05) is 30.3 Å². The molecule has 0 bridgehead atoms. The van der Waals surface area contributed by atoms with E-state index in [0.717, 1.165) is 35.8 Å². The first-order valence-corrected chi connectivity index (χ1v) is 10.5. The lowest BCUT2D eigenvalue weighted by molar-refractivity contribution is 0.458. The number of halogens is 1. The van der Waals surface area contributed by atoms with Crippen LogP contribution in [0.1, 0.15) is 49.3 Å². The lowest BCUT2D eigenvalue weighted by Crippen LogP contribution is -2.29. The van der Waals surface area contributed by atoms with E-state index in [2.05, 4.69) is 57.1 Å². The van der Waals surface area contributed by atoms with Gasteiger partial charge in [-0.05, 0) is 59.9 Å². The SMILES string of the molecule is C[C@@H](NC1CC[C@@H](c2ccc(-c3nn[nH]n3)cc2)C1)c1ccc(F)c2ccccc12. The van der Waals surface area contributed by atoms with Gasteiger partial charge < -0.3 is 5.32 Å². The summed E-state index contributed by atoms with van der Waals surface area (Å²) in [5.74, 6) is 0.999. The van der Waals surface area contributed by atoms with Gasteiger partial charge in [0.15, 0.2) is 0 Å². The van der Waals surface area contributed by atoms with Gasteiger partial charge in [0.1, 0.15) is 5.82 Å². The molecule has 6 heteroatoms. The third kappa shape index (κ3) is 3.59. The predicted octanol–water partition coefficient (Wildman–Crippen LogP) is 5.15. The largest absolute Gasteiger partial charge is 0.307 e. The Hall–Kier alpha value is -3.12. The van der Waals surface area contributed by atoms with E-state index in [1.165, 1.54) is 5.56 Å². The minimum Gasteiger partial charge on any atom is -0.307 e. The average Bonchev–Trinajstić information content (AvgIpc) is 3.47. The van der Waals surface area contributed by atoms with Crippen molar-refractivity contribution in [3.05, 3.63) is 77.6 Å². The molecule has 0 saturated heterocycles. The molecule has 152 valence electrons. The van der Waals surface area contributed by atoms with Crippen molar-refractivity contribution >= 4 is 10.8 Å². The minimum absolute atomic E-state index is 0.160. The number of nitrogens with one attached hydrogen (secondary N) is 2. The average molecular weight is 401 g/mol. The first-order valence-electron chi connectivity index (χ1n) is 10.5. The number of hydrogen-bond donors (Lipinski definition) is 2. The van der Waals surface area contributed by atoms with Crippen LogP contribution in [0.2, 0.25) is 0 Å². The summed E-state index contributed by atoms with van der Waals surface area (Å²) in [5, 5.41) is 19.6. The third-order valence-corrected chi connectivity index (χ3v) is 6.28. The maximum atomic E-state index is 14.2. The van der Waals surface area contributed by atoms with Gasteiger partial charge in [-0.1, -0.05) is 54.6 Å². The Bertz CT molecular complexity index is 1140. The fourth-order valence-electron chi connectivity index (χ4n) is 4.73. The summed E-state index contributed by atoms with van der Waals surface area (Å²) in [4.78, 5) is 0. The van der Waals surface area contributed by atoms with Gasteiger partial charge in [-0.15, -0.1) is 10.2 Å². The fraction of sp³-hybridized carbons (Fsp3) is 0.292. The number of fused-ring (bicyclic) bond motifs is 1. The zero-order chi connectivity index (χ0) is 20.5. The normalized spacial score (nSPS) is 19.9. The number of H-pyrrole nitrogens is 1. The molecule has 5 nitrogen and oxygen atoms in total. The van der Waals surface area contributed by atoms with E-state index in [9.17, 15) is 4.39 Å². The molecule has 0 aliphatic heterocycles. The van der Waals surface area contributed by atoms with Crippen molar-refractivity contribution in [1.82, 2.24) is 25.9 Å². The first-order chi connectivity index (χ1) is 14.7. The fourth-order valence-corrected chi connectivity index (χ4v) is 4.73. The summed E-state index contributed by atoms with van der Waals surface area (Å²) in [6.45, 7) is 2.17. The van der Waals surface area contributed by atoms with Gasteiger partial charge >= 0.3 is 0 Å². The van der Waals surface area contributed by atoms with E-state index in [-0.39, 0.29) is 11.9 Å². The van der Waals surface area contributed by atoms with Crippen LogP contribution in [0.4, 0.5) is 4.39 Å². The predicted molar refractivity (Wildman–Crippen MR) is 115 cm³/mol. The summed E-state index contributed by atoms with van der Waals surface area (Å²) in [5.41, 5.74) is 3.48. The van der Waals surface area contributed by atoms with E-state index in [1.54, 1.807) is 6.07 Å². The van der Waals surface area contributed by atoms with Crippen molar-refractivity contribution in [3.63, 3.8) is 0 Å². The summed E-state index contributed by atoms with van der Waals surface area (Å²) >= 11 is 0. The summed E-state index contributed by atoms with van der Waals surface area (Å²) in [6, 6.07) is 20.3. The molecule has 1 saturated carbocycles. The van der Waals surface area contributed by atoms with Gasteiger partial charge in [0.2, 0.25) is 5.82 Å². The van der Waals surface area contributed by atoms with Crippen LogP contribution in [0.15, 0.2) is 60.7 Å². The molecule has 3 atom stereocenters. The van der Waals surface area contributed by atoms with Crippen molar-refractivity contribution in [2.75, 3.05) is 0 Å². The highest BCUT2D eigenvalue weighted by atomic mass is 19.1. The summed E-state index contributed by atoms with van der Waals surface area (Å²) in [7, 11) is 0. The number of aromatic nitrogens is 4. The molecular formula is C24H24FN5. The van der Waals surface area contributed by atoms with Gasteiger partial charge in [0.25, 0.3) is 0 Å². The highest BCUT2D eigenvalue weighted by molar-refractivity contribution is 5.86. The second-order valence-electron chi connectivity index (χ2n) is 8.13. The van der Waals surface area contributed by atoms with E-state index in [0.29, 0.717) is 23.2 Å². The highest BCUT2D eigenvalue weighted by Crippen LogP contribution is 2.36. The van der Waals surface area contributed by atoms with Gasteiger partial charge in [-0.25, -0.2) is 4.39 Å². The molecule has 30 heavy (non-hydrogen) atoms. The third-order valence-electron chi connectivity index (χ3n) is 6.28. The molecule has 1 aliphatic carbocycles. The summed E-state index contributed by atoms with van der Waals surface area (Å²) < 4.78 is 14.2. The highest BCUT2D eigenvalue weighted by Gasteiger charge is 2.27. The molecule has 2 N–H and O–H groups in total. The zero-order valence-corrected chi connectivity index (χ0v) is 16.8. The van der Waals surface area contributed by atoms with E-state index >= 15 is 0 Å². The molecule has 1 heterocycles. The monoisotopic (exact) mass is 401 g/mol. The molecule has 1 fully saturated rings. The zero-order valence-electron chi connectivity index (χ0n) is 16.8. The number of nitrogens with zero attached hydrogens (tertiary/aromatic N) is 3. The van der Waals surface area contributed by atoms with Crippen LogP contribution in [-0.4, -0.2) is 26.7 Å². The molecule has 0 spiro atoms. The van der Waals surface area contributed by atoms with Crippen molar-refractivity contribution in [2.24, 2.45) is 0 Å². The van der Waals surface area contributed by atoms with Crippen LogP contribution < -0.4 is 5.32 Å². The second kappa shape index (κ2) is 7.95. The molecular weight excluding hydrogens is 377 g/mol. The second-order valence-corrected chi connectivity index (χ2v) is 8.13. The van der Waals surface area contributed by atoms with Gasteiger partial charge in [0.05, 0.1) is 0 Å². The number of aromatic amines is 1. The standard InChI is InChI=1S/C24H24FN5/c1-15(20-12-13-23(25)22-5-3-2-4-21(20)22)26-19-11-10-18(14-19)16-6-8-17(9-7-16)24-27-29-30-28-24/h2-9,12-13,15,18-19,26H,10-11,14H2,1H3,(H,27,28,29,30)/t15-,18-,19?/m1/s1. The van der Waals surface area contributed by atoms with Crippen LogP contribution in [0.5, 0.6) is 0 Å². The topological polar surface area (TPSA) is 66.5 Å². The Morgan fingerprint density at radius 1 is 1.00 bits per heavy atom. The molecule has 1 unspecified atom stereocenters. The number of hydrogen-bond acceptors (Lipinski definition) is 4. The van der Waals surface area contributed by atoms with Crippen LogP contribution in [0.3, 0.4) is 0 Å².